The summed E-state index contributed by atoms with van der Waals surface area (Å²) in [6.07, 6.45) is 4.23. The molecule has 0 radical (unpaired) electrons. The molecule has 0 heterocycles. The molecule has 1 nitrogen and oxygen atoms in total. The van der Waals surface area contributed by atoms with Crippen molar-refractivity contribution in [3.8, 4) is 22.3 Å². The molecule has 0 spiro atoms. The van der Waals surface area contributed by atoms with Gasteiger partial charge in [-0.2, -0.15) is 0 Å². The highest BCUT2D eigenvalue weighted by Gasteiger charge is 2.37. The summed E-state index contributed by atoms with van der Waals surface area (Å²) in [4.78, 5) is 13.5. The van der Waals surface area contributed by atoms with Gasteiger partial charge in [0.2, 0.25) is 0 Å². The topological polar surface area (TPSA) is 17.1 Å². The maximum Gasteiger partial charge on any atom is 0.166 e. The Kier molecular flexibility index (Phi) is 4.47. The first kappa shape index (κ1) is 19.3. The number of carbonyl (C=O) groups is 1. The molecule has 0 saturated carbocycles. The van der Waals surface area contributed by atoms with Gasteiger partial charge in [0, 0.05) is 11.5 Å². The monoisotopic (exact) mass is 394 g/mol. The molecule has 0 saturated heterocycles. The van der Waals surface area contributed by atoms with Gasteiger partial charge in [0.15, 0.2) is 5.78 Å². The number of hydrogen-bond acceptors (Lipinski definition) is 1. The predicted molar refractivity (Wildman–Crippen MR) is 125 cm³/mol. The van der Waals surface area contributed by atoms with E-state index in [2.05, 4.69) is 71.0 Å². The van der Waals surface area contributed by atoms with E-state index in [1.807, 2.05) is 0 Å². The van der Waals surface area contributed by atoms with Crippen LogP contribution >= 0.6 is 0 Å². The highest BCUT2D eigenvalue weighted by molar-refractivity contribution is 6.10. The normalized spacial score (nSPS) is 17.4. The second-order valence-corrected chi connectivity index (χ2v) is 9.64. The molecule has 152 valence electrons. The molecule has 1 heteroatoms. The maximum absolute atomic E-state index is 13.5. The van der Waals surface area contributed by atoms with E-state index in [4.69, 9.17) is 0 Å². The second kappa shape index (κ2) is 6.94. The lowest BCUT2D eigenvalue weighted by Gasteiger charge is -2.21. The molecule has 1 unspecified atom stereocenters. The van der Waals surface area contributed by atoms with Crippen molar-refractivity contribution in [3.63, 3.8) is 0 Å². The molecule has 0 N–H and O–H groups in total. The molecule has 0 fully saturated rings. The molecule has 0 aliphatic heterocycles. The summed E-state index contributed by atoms with van der Waals surface area (Å²) in [7, 11) is 0. The Balaban J connectivity index is 1.89. The summed E-state index contributed by atoms with van der Waals surface area (Å²) in [6, 6.07) is 13.6. The first-order chi connectivity index (χ1) is 14.3. The molecular weight excluding hydrogens is 364 g/mol. The predicted octanol–water partition coefficient (Wildman–Crippen LogP) is 7.12. The quantitative estimate of drug-likeness (QED) is 0.452. The highest BCUT2D eigenvalue weighted by Crippen LogP contribution is 2.48. The molecule has 2 aliphatic rings. The summed E-state index contributed by atoms with van der Waals surface area (Å²) < 4.78 is 0. The van der Waals surface area contributed by atoms with Crippen LogP contribution < -0.4 is 0 Å². The van der Waals surface area contributed by atoms with Crippen molar-refractivity contribution >= 4 is 5.78 Å². The maximum atomic E-state index is 13.5. The number of fused-ring (bicyclic) bond motifs is 2. The lowest BCUT2D eigenvalue weighted by atomic mass is 9.82. The van der Waals surface area contributed by atoms with Crippen molar-refractivity contribution in [2.45, 2.75) is 60.3 Å². The number of benzene rings is 3. The van der Waals surface area contributed by atoms with Crippen molar-refractivity contribution in [2.24, 2.45) is 5.92 Å². The fraction of sp³-hybridized carbons (Fsp3) is 0.345. The Morgan fingerprint density at radius 3 is 1.63 bits per heavy atom. The van der Waals surface area contributed by atoms with Gasteiger partial charge in [0.05, 0.1) is 0 Å². The molecule has 30 heavy (non-hydrogen) atoms. The molecule has 0 amide bonds. The van der Waals surface area contributed by atoms with Crippen LogP contribution in [0.1, 0.15) is 62.6 Å². The van der Waals surface area contributed by atoms with E-state index in [9.17, 15) is 4.79 Å². The van der Waals surface area contributed by atoms with E-state index in [1.54, 1.807) is 0 Å². The van der Waals surface area contributed by atoms with Gasteiger partial charge in [-0.3, -0.25) is 4.79 Å². The Labute approximate surface area is 180 Å². The van der Waals surface area contributed by atoms with Crippen LogP contribution in [-0.2, 0) is 19.3 Å². The van der Waals surface area contributed by atoms with Crippen molar-refractivity contribution in [3.05, 3.63) is 80.9 Å². The zero-order valence-electron chi connectivity index (χ0n) is 18.8. The van der Waals surface area contributed by atoms with Gasteiger partial charge < -0.3 is 0 Å². The van der Waals surface area contributed by atoms with E-state index < -0.39 is 0 Å². The highest BCUT2D eigenvalue weighted by atomic mass is 16.1. The summed E-state index contributed by atoms with van der Waals surface area (Å²) >= 11 is 0. The Bertz CT molecular complexity index is 1170. The molecule has 0 aromatic heterocycles. The van der Waals surface area contributed by atoms with Crippen molar-refractivity contribution in [1.82, 2.24) is 0 Å². The van der Waals surface area contributed by atoms with Gasteiger partial charge in [-0.1, -0.05) is 65.6 Å². The van der Waals surface area contributed by atoms with E-state index >= 15 is 0 Å². The van der Waals surface area contributed by atoms with Crippen LogP contribution in [0.15, 0.2) is 36.4 Å². The standard InChI is InChI=1S/C29H30O/c1-16-9-17(2)12-21(11-16)26-23-7-6-8-24(23)27(22-13-18(3)10-19(4)14-22)28-25(26)15-20(5)29(28)30/h9-14,20H,6-8,15H2,1-5H3. The number of Topliss-reactive ketones (excluding diaryl/α,β-unsaturated/α-hetero) is 1. The molecular formula is C29H30O. The number of hydrogen-bond donors (Lipinski definition) is 0. The van der Waals surface area contributed by atoms with Gasteiger partial charge in [0.25, 0.3) is 0 Å². The third-order valence-electron chi connectivity index (χ3n) is 6.90. The third-order valence-corrected chi connectivity index (χ3v) is 6.90. The van der Waals surface area contributed by atoms with E-state index in [0.717, 1.165) is 24.8 Å². The van der Waals surface area contributed by atoms with E-state index in [-0.39, 0.29) is 5.92 Å². The summed E-state index contributed by atoms with van der Waals surface area (Å²) in [5.41, 5.74) is 15.5. The van der Waals surface area contributed by atoms with E-state index in [1.165, 1.54) is 67.6 Å². The Morgan fingerprint density at radius 2 is 1.10 bits per heavy atom. The van der Waals surface area contributed by atoms with Crippen LogP contribution in [0.5, 0.6) is 0 Å². The van der Waals surface area contributed by atoms with Crippen molar-refractivity contribution < 1.29 is 4.79 Å². The number of ketones is 1. The van der Waals surface area contributed by atoms with Crippen LogP contribution in [0.25, 0.3) is 22.3 Å². The zero-order chi connectivity index (χ0) is 21.2. The van der Waals surface area contributed by atoms with Gasteiger partial charge >= 0.3 is 0 Å². The average molecular weight is 395 g/mol. The van der Waals surface area contributed by atoms with Gasteiger partial charge in [0.1, 0.15) is 0 Å². The largest absolute Gasteiger partial charge is 0.294 e. The first-order valence-electron chi connectivity index (χ1n) is 11.3. The lowest BCUT2D eigenvalue weighted by Crippen LogP contribution is -2.07. The van der Waals surface area contributed by atoms with Crippen LogP contribution in [0.4, 0.5) is 0 Å². The lowest BCUT2D eigenvalue weighted by molar-refractivity contribution is 0.0947. The molecule has 3 aromatic carbocycles. The average Bonchev–Trinajstić information content (AvgIpc) is 3.23. The van der Waals surface area contributed by atoms with Gasteiger partial charge in [-0.05, 0) is 92.3 Å². The molecule has 5 rings (SSSR count). The van der Waals surface area contributed by atoms with Crippen LogP contribution in [0, 0.1) is 33.6 Å². The van der Waals surface area contributed by atoms with Gasteiger partial charge in [-0.15, -0.1) is 0 Å². The first-order valence-corrected chi connectivity index (χ1v) is 11.3. The van der Waals surface area contributed by atoms with E-state index in [0.29, 0.717) is 5.78 Å². The van der Waals surface area contributed by atoms with Crippen LogP contribution in [0.2, 0.25) is 0 Å². The Morgan fingerprint density at radius 1 is 0.633 bits per heavy atom. The minimum atomic E-state index is 0.0665. The SMILES string of the molecule is Cc1cc(C)cc(-c2c3c(c(-c4cc(C)cc(C)c4)c4c2CC(C)C4=O)CCC3)c1. The Hall–Kier alpha value is -2.67. The molecule has 0 bridgehead atoms. The minimum Gasteiger partial charge on any atom is -0.294 e. The van der Waals surface area contributed by atoms with Gasteiger partial charge in [-0.25, -0.2) is 0 Å². The summed E-state index contributed by atoms with van der Waals surface area (Å²) in [6.45, 7) is 10.8. The fourth-order valence-electron chi connectivity index (χ4n) is 5.93. The van der Waals surface area contributed by atoms with Crippen LogP contribution in [-0.4, -0.2) is 5.78 Å². The molecule has 1 atom stereocenters. The minimum absolute atomic E-state index is 0.0665. The smallest absolute Gasteiger partial charge is 0.166 e. The van der Waals surface area contributed by atoms with Crippen molar-refractivity contribution in [2.75, 3.05) is 0 Å². The second-order valence-electron chi connectivity index (χ2n) is 9.64. The number of aryl methyl sites for hydroxylation is 4. The number of carbonyl (C=O) groups excluding carboxylic acids is 1. The van der Waals surface area contributed by atoms with Crippen molar-refractivity contribution in [1.29, 1.82) is 0 Å². The summed E-state index contributed by atoms with van der Waals surface area (Å²) in [5, 5.41) is 0. The molecule has 2 aliphatic carbocycles. The summed E-state index contributed by atoms with van der Waals surface area (Å²) in [5.74, 6) is 0.399. The van der Waals surface area contributed by atoms with Crippen LogP contribution in [0.3, 0.4) is 0 Å². The number of rotatable bonds is 2. The zero-order valence-corrected chi connectivity index (χ0v) is 18.8. The third kappa shape index (κ3) is 2.95. The fourth-order valence-corrected chi connectivity index (χ4v) is 5.93. The molecule has 3 aromatic rings.